The summed E-state index contributed by atoms with van der Waals surface area (Å²) in [6, 6.07) is 31.9. The lowest BCUT2D eigenvalue weighted by Gasteiger charge is -2.14. The van der Waals surface area contributed by atoms with Crippen LogP contribution in [0.2, 0.25) is 0 Å². The van der Waals surface area contributed by atoms with Crippen LogP contribution in [0.3, 0.4) is 0 Å². The molecule has 4 aromatic carbocycles. The Hall–Kier alpha value is -4.18. The van der Waals surface area contributed by atoms with E-state index in [1.165, 1.54) is 0 Å². The van der Waals surface area contributed by atoms with Crippen molar-refractivity contribution in [3.8, 4) is 22.6 Å². The van der Waals surface area contributed by atoms with E-state index in [1.807, 2.05) is 36.4 Å². The Morgan fingerprint density at radius 3 is 1.17 bits per heavy atom. The second-order valence-corrected chi connectivity index (χ2v) is 6.50. The molecule has 0 amide bonds. The third-order valence-electron chi connectivity index (χ3n) is 4.49. The summed E-state index contributed by atoms with van der Waals surface area (Å²) in [6.45, 7) is 0. The van der Waals surface area contributed by atoms with Crippen LogP contribution in [0.4, 0.5) is 0 Å². The summed E-state index contributed by atoms with van der Waals surface area (Å²) >= 11 is 0. The zero-order chi connectivity index (χ0) is 20.8. The highest BCUT2D eigenvalue weighted by Gasteiger charge is 2.17. The predicted molar refractivity (Wildman–Crippen MR) is 115 cm³/mol. The minimum absolute atomic E-state index is 0.384. The third kappa shape index (κ3) is 4.28. The Kier molecular flexibility index (Phi) is 5.67. The van der Waals surface area contributed by atoms with Crippen LogP contribution in [0, 0.1) is 0 Å². The maximum atomic E-state index is 12.5. The van der Waals surface area contributed by atoms with Crippen LogP contribution in [-0.4, -0.2) is 11.9 Å². The molecule has 0 aliphatic rings. The molecule has 0 unspecified atom stereocenters. The van der Waals surface area contributed by atoms with Crippen LogP contribution in [-0.2, 0) is 0 Å². The van der Waals surface area contributed by atoms with Crippen LogP contribution < -0.4 is 9.47 Å². The Bertz CT molecular complexity index is 1070. The van der Waals surface area contributed by atoms with E-state index in [2.05, 4.69) is 0 Å². The Morgan fingerprint density at radius 1 is 0.433 bits per heavy atom. The SMILES string of the molecule is O=C(Oc1ccccc1-c1ccccc1OC(=O)c1ccccc1)c1ccccc1. The summed E-state index contributed by atoms with van der Waals surface area (Å²) in [5.41, 5.74) is 2.21. The number of para-hydroxylation sites is 2. The zero-order valence-corrected chi connectivity index (χ0v) is 16.0. The molecule has 0 spiro atoms. The van der Waals surface area contributed by atoms with Gasteiger partial charge in [0, 0.05) is 11.1 Å². The highest BCUT2D eigenvalue weighted by molar-refractivity contribution is 5.94. The molecule has 146 valence electrons. The lowest BCUT2D eigenvalue weighted by atomic mass is 10.0. The van der Waals surface area contributed by atoms with Crippen molar-refractivity contribution in [1.29, 1.82) is 0 Å². The number of hydrogen-bond donors (Lipinski definition) is 0. The minimum atomic E-state index is -0.457. The first kappa shape index (κ1) is 19.2. The van der Waals surface area contributed by atoms with Crippen molar-refractivity contribution in [2.75, 3.05) is 0 Å². The quantitative estimate of drug-likeness (QED) is 0.317. The van der Waals surface area contributed by atoms with Crippen LogP contribution >= 0.6 is 0 Å². The summed E-state index contributed by atoms with van der Waals surface area (Å²) < 4.78 is 11.3. The Balaban J connectivity index is 1.65. The average Bonchev–Trinajstić information content (AvgIpc) is 2.81. The normalized spacial score (nSPS) is 10.3. The molecule has 0 saturated carbocycles. The fourth-order valence-corrected chi connectivity index (χ4v) is 3.02. The van der Waals surface area contributed by atoms with Gasteiger partial charge in [-0.25, -0.2) is 9.59 Å². The molecule has 0 heterocycles. The first-order chi connectivity index (χ1) is 14.7. The summed E-state index contributed by atoms with van der Waals surface area (Å²) in [6.07, 6.45) is 0. The summed E-state index contributed by atoms with van der Waals surface area (Å²) in [7, 11) is 0. The van der Waals surface area contributed by atoms with Gasteiger partial charge in [0.15, 0.2) is 0 Å². The molecule has 0 aliphatic carbocycles. The van der Waals surface area contributed by atoms with Crippen molar-refractivity contribution >= 4 is 11.9 Å². The van der Waals surface area contributed by atoms with Gasteiger partial charge in [0.25, 0.3) is 0 Å². The van der Waals surface area contributed by atoms with Crippen LogP contribution in [0.5, 0.6) is 11.5 Å². The van der Waals surface area contributed by atoms with Crippen molar-refractivity contribution in [3.63, 3.8) is 0 Å². The largest absolute Gasteiger partial charge is 0.422 e. The van der Waals surface area contributed by atoms with Gasteiger partial charge in [-0.15, -0.1) is 0 Å². The topological polar surface area (TPSA) is 52.6 Å². The van der Waals surface area contributed by atoms with Gasteiger partial charge in [-0.1, -0.05) is 72.8 Å². The molecule has 4 aromatic rings. The second kappa shape index (κ2) is 8.88. The standard InChI is InChI=1S/C26H18O4/c27-25(19-11-3-1-4-12-19)29-23-17-9-7-15-21(23)22-16-8-10-18-24(22)30-26(28)20-13-5-2-6-14-20/h1-18H. The van der Waals surface area contributed by atoms with Gasteiger partial charge in [0.1, 0.15) is 11.5 Å². The molecule has 0 N–H and O–H groups in total. The number of carbonyl (C=O) groups excluding carboxylic acids is 2. The highest BCUT2D eigenvalue weighted by atomic mass is 16.5. The van der Waals surface area contributed by atoms with E-state index in [4.69, 9.17) is 9.47 Å². The monoisotopic (exact) mass is 394 g/mol. The number of rotatable bonds is 5. The molecule has 0 aliphatic heterocycles. The fraction of sp³-hybridized carbons (Fsp3) is 0. The maximum Gasteiger partial charge on any atom is 0.343 e. The van der Waals surface area contributed by atoms with Gasteiger partial charge in [-0.2, -0.15) is 0 Å². The van der Waals surface area contributed by atoms with Gasteiger partial charge in [-0.05, 0) is 36.4 Å². The minimum Gasteiger partial charge on any atom is -0.422 e. The van der Waals surface area contributed by atoms with E-state index in [-0.39, 0.29) is 0 Å². The zero-order valence-electron chi connectivity index (χ0n) is 16.0. The van der Waals surface area contributed by atoms with Crippen LogP contribution in [0.1, 0.15) is 20.7 Å². The molecule has 0 atom stereocenters. The number of hydrogen-bond acceptors (Lipinski definition) is 4. The first-order valence-electron chi connectivity index (χ1n) is 9.45. The molecule has 0 aromatic heterocycles. The summed E-state index contributed by atoms with van der Waals surface area (Å²) in [5, 5.41) is 0. The van der Waals surface area contributed by atoms with Gasteiger partial charge in [0.2, 0.25) is 0 Å². The van der Waals surface area contributed by atoms with E-state index < -0.39 is 11.9 Å². The second-order valence-electron chi connectivity index (χ2n) is 6.50. The highest BCUT2D eigenvalue weighted by Crippen LogP contribution is 2.36. The van der Waals surface area contributed by atoms with E-state index in [0.717, 1.165) is 0 Å². The van der Waals surface area contributed by atoms with Crippen LogP contribution in [0.15, 0.2) is 109 Å². The Labute approximate surface area is 174 Å². The molecule has 4 nitrogen and oxygen atoms in total. The third-order valence-corrected chi connectivity index (χ3v) is 4.49. The fourth-order valence-electron chi connectivity index (χ4n) is 3.02. The summed E-state index contributed by atoms with van der Waals surface area (Å²) in [5.74, 6) is -0.146. The molecule has 0 saturated heterocycles. The van der Waals surface area contributed by atoms with Crippen molar-refractivity contribution < 1.29 is 19.1 Å². The predicted octanol–water partition coefficient (Wildman–Crippen LogP) is 5.79. The van der Waals surface area contributed by atoms with E-state index in [1.54, 1.807) is 72.8 Å². The first-order valence-corrected chi connectivity index (χ1v) is 9.45. The molecule has 4 heteroatoms. The number of benzene rings is 4. The Morgan fingerprint density at radius 2 is 0.767 bits per heavy atom. The van der Waals surface area contributed by atoms with E-state index >= 15 is 0 Å². The van der Waals surface area contributed by atoms with E-state index in [9.17, 15) is 9.59 Å². The van der Waals surface area contributed by atoms with Gasteiger partial charge >= 0.3 is 11.9 Å². The number of carbonyl (C=O) groups is 2. The van der Waals surface area contributed by atoms with Crippen molar-refractivity contribution in [2.24, 2.45) is 0 Å². The van der Waals surface area contributed by atoms with Gasteiger partial charge in [0.05, 0.1) is 11.1 Å². The van der Waals surface area contributed by atoms with Gasteiger partial charge < -0.3 is 9.47 Å². The molecular formula is C26H18O4. The number of ether oxygens (including phenoxy) is 2. The molecule has 0 radical (unpaired) electrons. The van der Waals surface area contributed by atoms with Crippen molar-refractivity contribution in [2.45, 2.75) is 0 Å². The lowest BCUT2D eigenvalue weighted by molar-refractivity contribution is 0.0723. The average molecular weight is 394 g/mol. The number of esters is 2. The molecule has 0 fully saturated rings. The smallest absolute Gasteiger partial charge is 0.343 e. The van der Waals surface area contributed by atoms with E-state index in [0.29, 0.717) is 33.8 Å². The molecular weight excluding hydrogens is 376 g/mol. The molecule has 4 rings (SSSR count). The molecule has 30 heavy (non-hydrogen) atoms. The maximum absolute atomic E-state index is 12.5. The molecule has 0 bridgehead atoms. The van der Waals surface area contributed by atoms with Crippen molar-refractivity contribution in [3.05, 3.63) is 120 Å². The van der Waals surface area contributed by atoms with Crippen LogP contribution in [0.25, 0.3) is 11.1 Å². The summed E-state index contributed by atoms with van der Waals surface area (Å²) in [4.78, 5) is 25.1. The van der Waals surface area contributed by atoms with Gasteiger partial charge in [-0.3, -0.25) is 0 Å². The van der Waals surface area contributed by atoms with Crippen molar-refractivity contribution in [1.82, 2.24) is 0 Å². The lowest BCUT2D eigenvalue weighted by Crippen LogP contribution is -2.10.